The number of rotatable bonds is 5. The molecule has 1 aromatic rings. The number of hydrogen-bond acceptors (Lipinski definition) is 4. The molecule has 1 N–H and O–H groups in total. The Morgan fingerprint density at radius 3 is 2.57 bits per heavy atom. The standard InChI is InChI=1S/C14H19NO5S/c1-20-12-5-7-13(8-6-12)21(18,19)15-9-3-2-4-11(15)10-14(16)17/h5-8,11H,2-4,9-10H2,1H3,(H,16,17)/t11-/m0/s1. The highest BCUT2D eigenvalue weighted by Crippen LogP contribution is 2.27. The van der Waals surface area contributed by atoms with Gasteiger partial charge >= 0.3 is 5.97 Å². The van der Waals surface area contributed by atoms with E-state index in [4.69, 9.17) is 9.84 Å². The number of methoxy groups -OCH3 is 1. The van der Waals surface area contributed by atoms with E-state index in [1.807, 2.05) is 0 Å². The molecule has 1 atom stereocenters. The summed E-state index contributed by atoms with van der Waals surface area (Å²) in [5.41, 5.74) is 0. The third-order valence-corrected chi connectivity index (χ3v) is 5.62. The first-order valence-corrected chi connectivity index (χ1v) is 8.27. The SMILES string of the molecule is COc1ccc(S(=O)(=O)N2CCCC[C@H]2CC(=O)O)cc1. The van der Waals surface area contributed by atoms with Crippen LogP contribution in [0.15, 0.2) is 29.2 Å². The van der Waals surface area contributed by atoms with Crippen LogP contribution in [0.5, 0.6) is 5.75 Å². The highest BCUT2D eigenvalue weighted by atomic mass is 32.2. The topological polar surface area (TPSA) is 83.9 Å². The Labute approximate surface area is 124 Å². The number of carbonyl (C=O) groups is 1. The monoisotopic (exact) mass is 313 g/mol. The van der Waals surface area contributed by atoms with E-state index in [1.54, 1.807) is 12.1 Å². The molecule has 0 unspecified atom stereocenters. The molecule has 1 aliphatic rings. The van der Waals surface area contributed by atoms with Crippen LogP contribution in [0.25, 0.3) is 0 Å². The van der Waals surface area contributed by atoms with Crippen molar-refractivity contribution in [1.82, 2.24) is 4.31 Å². The van der Waals surface area contributed by atoms with E-state index in [1.165, 1.54) is 23.5 Å². The highest BCUT2D eigenvalue weighted by Gasteiger charge is 2.34. The fourth-order valence-corrected chi connectivity index (χ4v) is 4.27. The van der Waals surface area contributed by atoms with Crippen molar-refractivity contribution in [2.45, 2.75) is 36.6 Å². The smallest absolute Gasteiger partial charge is 0.304 e. The molecule has 0 bridgehead atoms. The second kappa shape index (κ2) is 6.44. The molecule has 7 heteroatoms. The molecule has 21 heavy (non-hydrogen) atoms. The van der Waals surface area contributed by atoms with Crippen LogP contribution in [0.1, 0.15) is 25.7 Å². The summed E-state index contributed by atoms with van der Waals surface area (Å²) in [6, 6.07) is 5.68. The molecule has 1 fully saturated rings. The lowest BCUT2D eigenvalue weighted by Crippen LogP contribution is -2.44. The average molecular weight is 313 g/mol. The van der Waals surface area contributed by atoms with Crippen molar-refractivity contribution in [3.05, 3.63) is 24.3 Å². The van der Waals surface area contributed by atoms with Gasteiger partial charge in [-0.15, -0.1) is 0 Å². The van der Waals surface area contributed by atoms with E-state index < -0.39 is 22.0 Å². The number of piperidine rings is 1. The molecule has 2 rings (SSSR count). The van der Waals surface area contributed by atoms with Crippen molar-refractivity contribution in [3.8, 4) is 5.75 Å². The molecule has 0 saturated carbocycles. The molecule has 1 heterocycles. The van der Waals surface area contributed by atoms with Gasteiger partial charge < -0.3 is 9.84 Å². The Hall–Kier alpha value is -1.60. The third kappa shape index (κ3) is 3.54. The van der Waals surface area contributed by atoms with Crippen LogP contribution >= 0.6 is 0 Å². The zero-order chi connectivity index (χ0) is 15.5. The van der Waals surface area contributed by atoms with Crippen LogP contribution < -0.4 is 4.74 Å². The van der Waals surface area contributed by atoms with Crippen molar-refractivity contribution in [2.75, 3.05) is 13.7 Å². The average Bonchev–Trinajstić information content (AvgIpc) is 2.47. The number of sulfonamides is 1. The first-order chi connectivity index (χ1) is 9.95. The van der Waals surface area contributed by atoms with Crippen molar-refractivity contribution in [2.24, 2.45) is 0 Å². The molecule has 6 nitrogen and oxygen atoms in total. The molecular formula is C14H19NO5S. The normalized spacial score (nSPS) is 20.1. The zero-order valence-electron chi connectivity index (χ0n) is 11.9. The molecular weight excluding hydrogens is 294 g/mol. The van der Waals surface area contributed by atoms with Gasteiger partial charge in [0.25, 0.3) is 0 Å². The maximum atomic E-state index is 12.7. The van der Waals surface area contributed by atoms with Gasteiger partial charge in [0, 0.05) is 12.6 Å². The Balaban J connectivity index is 2.28. The molecule has 0 spiro atoms. The Kier molecular flexibility index (Phi) is 4.84. The Morgan fingerprint density at radius 1 is 1.33 bits per heavy atom. The Bertz CT molecular complexity index is 596. The number of aliphatic carboxylic acids is 1. The minimum atomic E-state index is -3.67. The zero-order valence-corrected chi connectivity index (χ0v) is 12.7. The van der Waals surface area contributed by atoms with Gasteiger partial charge in [-0.2, -0.15) is 4.31 Å². The summed E-state index contributed by atoms with van der Waals surface area (Å²) in [6.45, 7) is 0.367. The maximum absolute atomic E-state index is 12.7. The van der Waals surface area contributed by atoms with Gasteiger partial charge in [0.15, 0.2) is 0 Å². The summed E-state index contributed by atoms with van der Waals surface area (Å²) >= 11 is 0. The summed E-state index contributed by atoms with van der Waals surface area (Å²) < 4.78 is 31.7. The summed E-state index contributed by atoms with van der Waals surface area (Å²) in [7, 11) is -2.16. The van der Waals surface area contributed by atoms with E-state index in [0.29, 0.717) is 18.7 Å². The summed E-state index contributed by atoms with van der Waals surface area (Å²) in [5, 5.41) is 8.95. The number of carboxylic acids is 1. The van der Waals surface area contributed by atoms with Crippen LogP contribution in [-0.2, 0) is 14.8 Å². The number of benzene rings is 1. The number of hydrogen-bond donors (Lipinski definition) is 1. The van der Waals surface area contributed by atoms with Crippen LogP contribution in [0, 0.1) is 0 Å². The molecule has 0 radical (unpaired) electrons. The first kappa shape index (κ1) is 15.8. The van der Waals surface area contributed by atoms with Crippen LogP contribution in [0.4, 0.5) is 0 Å². The minimum Gasteiger partial charge on any atom is -0.497 e. The Morgan fingerprint density at radius 2 is 2.00 bits per heavy atom. The van der Waals surface area contributed by atoms with Crippen molar-refractivity contribution >= 4 is 16.0 Å². The van der Waals surface area contributed by atoms with Gasteiger partial charge in [-0.05, 0) is 37.1 Å². The van der Waals surface area contributed by atoms with Gasteiger partial charge in [-0.1, -0.05) is 6.42 Å². The molecule has 1 aliphatic heterocycles. The van der Waals surface area contributed by atoms with Crippen molar-refractivity contribution in [3.63, 3.8) is 0 Å². The lowest BCUT2D eigenvalue weighted by Gasteiger charge is -2.33. The molecule has 0 aromatic heterocycles. The summed E-state index contributed by atoms with van der Waals surface area (Å²) in [4.78, 5) is 11.1. The second-order valence-corrected chi connectivity index (χ2v) is 6.93. The van der Waals surface area contributed by atoms with Gasteiger partial charge in [0.2, 0.25) is 10.0 Å². The van der Waals surface area contributed by atoms with Crippen LogP contribution in [0.3, 0.4) is 0 Å². The van der Waals surface area contributed by atoms with Crippen LogP contribution in [0.2, 0.25) is 0 Å². The molecule has 0 aliphatic carbocycles. The molecule has 116 valence electrons. The van der Waals surface area contributed by atoms with Gasteiger partial charge in [-0.25, -0.2) is 8.42 Å². The predicted molar refractivity (Wildman–Crippen MR) is 76.8 cm³/mol. The van der Waals surface area contributed by atoms with E-state index in [9.17, 15) is 13.2 Å². The number of carboxylic acid groups (broad SMARTS) is 1. The van der Waals surface area contributed by atoms with E-state index >= 15 is 0 Å². The summed E-state index contributed by atoms with van der Waals surface area (Å²) in [5.74, 6) is -0.397. The first-order valence-electron chi connectivity index (χ1n) is 6.83. The van der Waals surface area contributed by atoms with Crippen molar-refractivity contribution < 1.29 is 23.1 Å². The molecule has 0 amide bonds. The predicted octanol–water partition coefficient (Wildman–Crippen LogP) is 1.71. The van der Waals surface area contributed by atoms with E-state index in [2.05, 4.69) is 0 Å². The van der Waals surface area contributed by atoms with Crippen molar-refractivity contribution in [1.29, 1.82) is 0 Å². The van der Waals surface area contributed by atoms with Gasteiger partial charge in [-0.3, -0.25) is 4.79 Å². The molecule has 1 saturated heterocycles. The second-order valence-electron chi connectivity index (χ2n) is 5.04. The third-order valence-electron chi connectivity index (χ3n) is 3.65. The minimum absolute atomic E-state index is 0.157. The largest absolute Gasteiger partial charge is 0.497 e. The van der Waals surface area contributed by atoms with Gasteiger partial charge in [0.1, 0.15) is 5.75 Å². The quantitative estimate of drug-likeness (QED) is 0.894. The highest BCUT2D eigenvalue weighted by molar-refractivity contribution is 7.89. The lowest BCUT2D eigenvalue weighted by atomic mass is 10.0. The number of nitrogens with zero attached hydrogens (tertiary/aromatic N) is 1. The number of ether oxygens (including phenoxy) is 1. The fourth-order valence-electron chi connectivity index (χ4n) is 2.58. The fraction of sp³-hybridized carbons (Fsp3) is 0.500. The maximum Gasteiger partial charge on any atom is 0.304 e. The molecule has 1 aromatic carbocycles. The van der Waals surface area contributed by atoms with Gasteiger partial charge in [0.05, 0.1) is 18.4 Å². The lowest BCUT2D eigenvalue weighted by molar-refractivity contribution is -0.138. The van der Waals surface area contributed by atoms with E-state index in [-0.39, 0.29) is 11.3 Å². The van der Waals surface area contributed by atoms with Crippen LogP contribution in [-0.4, -0.2) is 43.5 Å². The van der Waals surface area contributed by atoms with E-state index in [0.717, 1.165) is 12.8 Å². The summed E-state index contributed by atoms with van der Waals surface area (Å²) in [6.07, 6.45) is 2.04.